The zero-order valence-corrected chi connectivity index (χ0v) is 10.8. The summed E-state index contributed by atoms with van der Waals surface area (Å²) >= 11 is 0. The summed E-state index contributed by atoms with van der Waals surface area (Å²) < 4.78 is 0. The van der Waals surface area contributed by atoms with Crippen LogP contribution in [0.25, 0.3) is 0 Å². The van der Waals surface area contributed by atoms with Crippen molar-refractivity contribution in [3.8, 4) is 0 Å². The van der Waals surface area contributed by atoms with Crippen molar-refractivity contribution in [1.82, 2.24) is 0 Å². The lowest BCUT2D eigenvalue weighted by Crippen LogP contribution is -2.29. The summed E-state index contributed by atoms with van der Waals surface area (Å²) in [4.78, 5) is 0. The highest BCUT2D eigenvalue weighted by atomic mass is 16.3. The Hall–Kier alpha value is -0.240. The predicted molar refractivity (Wildman–Crippen MR) is 65.8 cm³/mol. The smallest absolute Gasteiger partial charge is 0.0612 e. The van der Waals surface area contributed by atoms with Crippen LogP contribution in [0.4, 0.5) is 0 Å². The lowest BCUT2D eigenvalue weighted by molar-refractivity contribution is -0.00236. The molecule has 0 aromatic carbocycles. The van der Waals surface area contributed by atoms with Gasteiger partial charge in [-0.15, -0.1) is 0 Å². The normalized spacial score (nSPS) is 20.2. The van der Waals surface area contributed by atoms with Gasteiger partial charge in [0.25, 0.3) is 0 Å². The third kappa shape index (κ3) is 7.97. The van der Waals surface area contributed by atoms with Gasteiger partial charge in [-0.1, -0.05) is 6.92 Å². The number of rotatable bonds is 10. The highest BCUT2D eigenvalue weighted by molar-refractivity contribution is 4.73. The van der Waals surface area contributed by atoms with Crippen molar-refractivity contribution < 1.29 is 30.6 Å². The summed E-state index contributed by atoms with van der Waals surface area (Å²) in [5.41, 5.74) is 0. The van der Waals surface area contributed by atoms with Crippen LogP contribution < -0.4 is 0 Å². The molecular formula is C12H26O6. The van der Waals surface area contributed by atoms with E-state index in [4.69, 9.17) is 10.2 Å². The molecule has 0 aromatic heterocycles. The van der Waals surface area contributed by atoms with Crippen LogP contribution in [-0.4, -0.2) is 68.3 Å². The average molecular weight is 266 g/mol. The van der Waals surface area contributed by atoms with Crippen molar-refractivity contribution in [2.45, 2.75) is 57.0 Å². The van der Waals surface area contributed by atoms with E-state index in [2.05, 4.69) is 0 Å². The maximum absolute atomic E-state index is 9.64. The fraction of sp³-hybridized carbons (Fsp3) is 1.00. The second-order valence-corrected chi connectivity index (χ2v) is 4.91. The zero-order chi connectivity index (χ0) is 14.1. The standard InChI is InChI=1S/C12H26O6/c1-8(7-14)12(18)6-11(17)5-10(16)4-9(15)2-3-13/h8-18H,2-7H2,1H3/t8-,9+,10-,11+,12-/m0/s1. The van der Waals surface area contributed by atoms with E-state index in [1.807, 2.05) is 0 Å². The number of hydrogen-bond donors (Lipinski definition) is 6. The molecule has 0 aliphatic heterocycles. The first-order chi connectivity index (χ1) is 8.40. The number of aliphatic hydroxyl groups is 6. The van der Waals surface area contributed by atoms with E-state index in [1.54, 1.807) is 6.92 Å². The van der Waals surface area contributed by atoms with E-state index in [-0.39, 0.29) is 44.8 Å². The molecule has 6 nitrogen and oxygen atoms in total. The summed E-state index contributed by atoms with van der Waals surface area (Å²) in [6.07, 6.45) is -2.96. The molecule has 0 aliphatic carbocycles. The van der Waals surface area contributed by atoms with E-state index < -0.39 is 24.4 Å². The molecule has 0 rings (SSSR count). The van der Waals surface area contributed by atoms with Gasteiger partial charge in [0.05, 0.1) is 24.4 Å². The average Bonchev–Trinajstić information content (AvgIpc) is 2.27. The van der Waals surface area contributed by atoms with Crippen LogP contribution in [0.2, 0.25) is 0 Å². The topological polar surface area (TPSA) is 121 Å². The summed E-state index contributed by atoms with van der Waals surface area (Å²) in [5.74, 6) is -0.322. The van der Waals surface area contributed by atoms with Crippen molar-refractivity contribution >= 4 is 0 Å². The van der Waals surface area contributed by atoms with E-state index >= 15 is 0 Å². The molecule has 0 amide bonds. The first kappa shape index (κ1) is 17.8. The molecule has 6 N–H and O–H groups in total. The highest BCUT2D eigenvalue weighted by Gasteiger charge is 2.21. The molecule has 0 unspecified atom stereocenters. The Labute approximate surface area is 108 Å². The van der Waals surface area contributed by atoms with Gasteiger partial charge in [-0.3, -0.25) is 0 Å². The van der Waals surface area contributed by atoms with Gasteiger partial charge in [-0.2, -0.15) is 0 Å². The fourth-order valence-electron chi connectivity index (χ4n) is 1.72. The third-order valence-electron chi connectivity index (χ3n) is 3.01. The fourth-order valence-corrected chi connectivity index (χ4v) is 1.72. The molecule has 0 aromatic rings. The Bertz CT molecular complexity index is 201. The van der Waals surface area contributed by atoms with Crippen molar-refractivity contribution in [3.05, 3.63) is 0 Å². The van der Waals surface area contributed by atoms with E-state index in [9.17, 15) is 20.4 Å². The Morgan fingerprint density at radius 2 is 1.28 bits per heavy atom. The maximum atomic E-state index is 9.64. The van der Waals surface area contributed by atoms with Gasteiger partial charge < -0.3 is 30.6 Å². The van der Waals surface area contributed by atoms with Crippen molar-refractivity contribution in [2.75, 3.05) is 13.2 Å². The molecule has 0 saturated carbocycles. The van der Waals surface area contributed by atoms with E-state index in [0.717, 1.165) is 0 Å². The molecule has 18 heavy (non-hydrogen) atoms. The lowest BCUT2D eigenvalue weighted by atomic mass is 9.95. The Kier molecular flexibility index (Phi) is 9.53. The first-order valence-corrected chi connectivity index (χ1v) is 6.34. The van der Waals surface area contributed by atoms with E-state index in [1.165, 1.54) is 0 Å². The van der Waals surface area contributed by atoms with Crippen LogP contribution in [0.3, 0.4) is 0 Å². The molecule has 0 aliphatic rings. The molecule has 0 heterocycles. The van der Waals surface area contributed by atoms with Crippen LogP contribution >= 0.6 is 0 Å². The minimum absolute atomic E-state index is 0.0533. The summed E-state index contributed by atoms with van der Waals surface area (Å²) in [5, 5.41) is 55.6. The van der Waals surface area contributed by atoms with Crippen LogP contribution in [0.1, 0.15) is 32.6 Å². The van der Waals surface area contributed by atoms with Crippen LogP contribution in [0, 0.1) is 5.92 Å². The maximum Gasteiger partial charge on any atom is 0.0612 e. The molecule has 0 radical (unpaired) electrons. The van der Waals surface area contributed by atoms with Gasteiger partial charge in [-0.25, -0.2) is 0 Å². The third-order valence-corrected chi connectivity index (χ3v) is 3.01. The lowest BCUT2D eigenvalue weighted by Gasteiger charge is -2.22. The second-order valence-electron chi connectivity index (χ2n) is 4.91. The van der Waals surface area contributed by atoms with Crippen molar-refractivity contribution in [2.24, 2.45) is 5.92 Å². The number of hydrogen-bond acceptors (Lipinski definition) is 6. The Balaban J connectivity index is 3.89. The van der Waals surface area contributed by atoms with Gasteiger partial charge in [0.15, 0.2) is 0 Å². The molecule has 0 spiro atoms. The summed E-state index contributed by atoms with van der Waals surface area (Å²) in [6, 6.07) is 0. The molecule has 6 heteroatoms. The van der Waals surface area contributed by atoms with Gasteiger partial charge >= 0.3 is 0 Å². The van der Waals surface area contributed by atoms with Gasteiger partial charge in [0.1, 0.15) is 0 Å². The summed E-state index contributed by atoms with van der Waals surface area (Å²) in [7, 11) is 0. The largest absolute Gasteiger partial charge is 0.396 e. The van der Waals surface area contributed by atoms with Crippen LogP contribution in [-0.2, 0) is 0 Å². The van der Waals surface area contributed by atoms with Gasteiger partial charge in [0, 0.05) is 19.1 Å². The molecule has 110 valence electrons. The second kappa shape index (κ2) is 9.66. The monoisotopic (exact) mass is 266 g/mol. The Morgan fingerprint density at radius 1 is 0.778 bits per heavy atom. The SMILES string of the molecule is C[C@@H](CO)[C@@H](O)C[C@H](O)C[C@@H](O)C[C@H](O)CCO. The van der Waals surface area contributed by atoms with E-state index in [0.29, 0.717) is 0 Å². The molecule has 0 bridgehead atoms. The van der Waals surface area contributed by atoms with Crippen LogP contribution in [0.15, 0.2) is 0 Å². The molecule has 0 saturated heterocycles. The minimum Gasteiger partial charge on any atom is -0.396 e. The Morgan fingerprint density at radius 3 is 1.78 bits per heavy atom. The molecular weight excluding hydrogens is 240 g/mol. The number of aliphatic hydroxyl groups excluding tert-OH is 6. The minimum atomic E-state index is -0.884. The first-order valence-electron chi connectivity index (χ1n) is 6.34. The molecule has 5 atom stereocenters. The highest BCUT2D eigenvalue weighted by Crippen LogP contribution is 2.14. The van der Waals surface area contributed by atoms with Crippen molar-refractivity contribution in [1.29, 1.82) is 0 Å². The van der Waals surface area contributed by atoms with Gasteiger partial charge in [-0.05, 0) is 25.7 Å². The zero-order valence-electron chi connectivity index (χ0n) is 10.8. The predicted octanol–water partition coefficient (Wildman–Crippen LogP) is -1.39. The van der Waals surface area contributed by atoms with Crippen LogP contribution in [0.5, 0.6) is 0 Å². The molecule has 0 fully saturated rings. The quantitative estimate of drug-likeness (QED) is 0.289. The van der Waals surface area contributed by atoms with Gasteiger partial charge in [0.2, 0.25) is 0 Å². The summed E-state index contributed by atoms with van der Waals surface area (Å²) in [6.45, 7) is 1.35. The van der Waals surface area contributed by atoms with Crippen molar-refractivity contribution in [3.63, 3.8) is 0 Å².